The highest BCUT2D eigenvalue weighted by molar-refractivity contribution is 5.96. The first-order valence-corrected chi connectivity index (χ1v) is 12.7. The van der Waals surface area contributed by atoms with Crippen molar-refractivity contribution in [3.63, 3.8) is 0 Å². The molecule has 0 saturated heterocycles. The molecule has 0 bridgehead atoms. The van der Waals surface area contributed by atoms with Crippen LogP contribution in [-0.4, -0.2) is 52.4 Å². The van der Waals surface area contributed by atoms with Gasteiger partial charge in [-0.25, -0.2) is 0 Å². The van der Waals surface area contributed by atoms with Crippen molar-refractivity contribution in [2.45, 2.75) is 53.2 Å². The van der Waals surface area contributed by atoms with Crippen LogP contribution in [0.2, 0.25) is 0 Å². The largest absolute Gasteiger partial charge is 0.497 e. The minimum absolute atomic E-state index is 0.0385. The van der Waals surface area contributed by atoms with Crippen LogP contribution in [-0.2, 0) is 17.9 Å². The van der Waals surface area contributed by atoms with Crippen LogP contribution in [0.5, 0.6) is 5.75 Å². The smallest absolute Gasteiger partial charge is 0.254 e. The number of carbonyl (C=O) groups is 2. The summed E-state index contributed by atoms with van der Waals surface area (Å²) in [5, 5.41) is 0. The molecule has 3 rings (SSSR count). The topological polar surface area (TPSA) is 54.8 Å². The maximum Gasteiger partial charge on any atom is 0.254 e. The van der Waals surface area contributed by atoms with Crippen molar-refractivity contribution in [3.8, 4) is 5.75 Å². The molecule has 0 aliphatic rings. The van der Waals surface area contributed by atoms with Gasteiger partial charge < -0.3 is 19.1 Å². The third-order valence-corrected chi connectivity index (χ3v) is 6.41. The Kier molecular flexibility index (Phi) is 9.74. The van der Waals surface area contributed by atoms with Gasteiger partial charge in [0.2, 0.25) is 5.91 Å². The molecule has 3 aromatic rings. The molecule has 2 aromatic carbocycles. The minimum atomic E-state index is -0.108. The highest BCUT2D eigenvalue weighted by Crippen LogP contribution is 2.18. The number of benzene rings is 2. The summed E-state index contributed by atoms with van der Waals surface area (Å²) in [6, 6.07) is 21.3. The Labute approximate surface area is 215 Å². The fraction of sp³-hybridized carbons (Fsp3) is 0.400. The second-order valence-corrected chi connectivity index (χ2v) is 9.70. The predicted molar refractivity (Wildman–Crippen MR) is 144 cm³/mol. The molecule has 36 heavy (non-hydrogen) atoms. The van der Waals surface area contributed by atoms with Gasteiger partial charge >= 0.3 is 0 Å². The van der Waals surface area contributed by atoms with Crippen molar-refractivity contribution in [1.82, 2.24) is 14.4 Å². The summed E-state index contributed by atoms with van der Waals surface area (Å²) in [7, 11) is 1.67. The van der Waals surface area contributed by atoms with Crippen molar-refractivity contribution in [2.24, 2.45) is 5.92 Å². The van der Waals surface area contributed by atoms with Crippen LogP contribution in [0.25, 0.3) is 0 Å². The van der Waals surface area contributed by atoms with Crippen LogP contribution in [0.15, 0.2) is 72.9 Å². The Hall–Kier alpha value is -3.54. The summed E-state index contributed by atoms with van der Waals surface area (Å²) in [6.07, 6.45) is 2.87. The lowest BCUT2D eigenvalue weighted by Crippen LogP contribution is -2.47. The van der Waals surface area contributed by atoms with E-state index in [0.29, 0.717) is 25.2 Å². The molecule has 0 aliphatic heterocycles. The quantitative estimate of drug-likeness (QED) is 0.339. The van der Waals surface area contributed by atoms with Crippen molar-refractivity contribution in [2.75, 3.05) is 20.2 Å². The number of rotatable bonds is 12. The number of carbonyl (C=O) groups excluding carboxylic acids is 2. The summed E-state index contributed by atoms with van der Waals surface area (Å²) in [4.78, 5) is 30.5. The number of methoxy groups -OCH3 is 1. The second kappa shape index (κ2) is 13.0. The third-order valence-electron chi connectivity index (χ3n) is 6.41. The third kappa shape index (κ3) is 7.23. The molecular weight excluding hydrogens is 450 g/mol. The van der Waals surface area contributed by atoms with Gasteiger partial charge in [-0.1, -0.05) is 51.1 Å². The monoisotopic (exact) mass is 489 g/mol. The fourth-order valence-electron chi connectivity index (χ4n) is 4.28. The molecule has 2 amide bonds. The van der Waals surface area contributed by atoms with Gasteiger partial charge in [0.25, 0.3) is 5.91 Å². The lowest BCUT2D eigenvalue weighted by atomic mass is 10.1. The van der Waals surface area contributed by atoms with E-state index in [4.69, 9.17) is 4.74 Å². The number of hydrogen-bond donors (Lipinski definition) is 0. The van der Waals surface area contributed by atoms with Crippen LogP contribution in [0.1, 0.15) is 55.7 Å². The zero-order valence-corrected chi connectivity index (χ0v) is 22.2. The molecule has 0 N–H and O–H groups in total. The minimum Gasteiger partial charge on any atom is -0.497 e. The summed E-state index contributed by atoms with van der Waals surface area (Å²) >= 11 is 0. The lowest BCUT2D eigenvalue weighted by molar-refractivity contribution is -0.134. The van der Waals surface area contributed by atoms with Crippen molar-refractivity contribution < 1.29 is 14.3 Å². The first-order chi connectivity index (χ1) is 17.3. The van der Waals surface area contributed by atoms with Crippen LogP contribution in [0.4, 0.5) is 0 Å². The highest BCUT2D eigenvalue weighted by Gasteiger charge is 2.26. The molecule has 1 heterocycles. The van der Waals surface area contributed by atoms with E-state index < -0.39 is 0 Å². The van der Waals surface area contributed by atoms with E-state index >= 15 is 0 Å². The van der Waals surface area contributed by atoms with Gasteiger partial charge in [-0.05, 0) is 61.2 Å². The maximum atomic E-state index is 13.7. The van der Waals surface area contributed by atoms with E-state index in [9.17, 15) is 9.59 Å². The summed E-state index contributed by atoms with van der Waals surface area (Å²) < 4.78 is 7.53. The number of amides is 2. The van der Waals surface area contributed by atoms with Crippen LogP contribution in [0.3, 0.4) is 0 Å². The molecule has 0 spiro atoms. The van der Waals surface area contributed by atoms with Crippen LogP contribution in [0, 0.1) is 5.92 Å². The average Bonchev–Trinajstić information content (AvgIpc) is 3.32. The Morgan fingerprint density at radius 3 is 2.39 bits per heavy atom. The molecule has 1 atom stereocenters. The van der Waals surface area contributed by atoms with Crippen molar-refractivity contribution in [1.29, 1.82) is 0 Å². The highest BCUT2D eigenvalue weighted by atomic mass is 16.5. The standard InChI is InChI=1S/C30H39N3O3/c1-6-24(4)33(21-27-15-11-17-31(27)20-25-12-10-16-28(18-25)36-5)29(34)22-32(19-23(2)3)30(35)26-13-8-7-9-14-26/h7-18,23-24H,6,19-22H2,1-5H3. The Morgan fingerprint density at radius 2 is 1.72 bits per heavy atom. The lowest BCUT2D eigenvalue weighted by Gasteiger charge is -2.32. The van der Waals surface area contributed by atoms with Crippen molar-refractivity contribution in [3.05, 3.63) is 89.7 Å². The van der Waals surface area contributed by atoms with Crippen LogP contribution >= 0.6 is 0 Å². The van der Waals surface area contributed by atoms with Gasteiger partial charge in [-0.15, -0.1) is 0 Å². The van der Waals surface area contributed by atoms with E-state index in [2.05, 4.69) is 44.4 Å². The van der Waals surface area contributed by atoms with Gasteiger partial charge in [0, 0.05) is 36.6 Å². The number of ether oxygens (including phenoxy) is 1. The normalized spacial score (nSPS) is 11.8. The number of hydrogen-bond acceptors (Lipinski definition) is 3. The Balaban J connectivity index is 1.79. The molecule has 192 valence electrons. The Bertz CT molecular complexity index is 1120. The first kappa shape index (κ1) is 27.1. The molecule has 1 unspecified atom stereocenters. The first-order valence-electron chi connectivity index (χ1n) is 12.7. The van der Waals surface area contributed by atoms with Crippen molar-refractivity contribution >= 4 is 11.8 Å². The van der Waals surface area contributed by atoms with E-state index in [1.54, 1.807) is 24.1 Å². The zero-order chi connectivity index (χ0) is 26.1. The Morgan fingerprint density at radius 1 is 0.972 bits per heavy atom. The number of aromatic nitrogens is 1. The molecular formula is C30H39N3O3. The van der Waals surface area contributed by atoms with Gasteiger partial charge in [0.05, 0.1) is 13.7 Å². The van der Waals surface area contributed by atoms with Gasteiger partial charge in [0.1, 0.15) is 12.3 Å². The molecule has 0 aliphatic carbocycles. The van der Waals surface area contributed by atoms with E-state index in [1.807, 2.05) is 53.6 Å². The summed E-state index contributed by atoms with van der Waals surface area (Å²) in [5.74, 6) is 0.931. The zero-order valence-electron chi connectivity index (χ0n) is 22.2. The summed E-state index contributed by atoms with van der Waals surface area (Å²) in [6.45, 7) is 10.0. The summed E-state index contributed by atoms with van der Waals surface area (Å²) in [5.41, 5.74) is 2.79. The second-order valence-electron chi connectivity index (χ2n) is 9.70. The van der Waals surface area contributed by atoms with Crippen LogP contribution < -0.4 is 4.74 Å². The molecule has 0 fully saturated rings. The molecule has 1 aromatic heterocycles. The van der Waals surface area contributed by atoms with Gasteiger partial charge in [0.15, 0.2) is 0 Å². The van der Waals surface area contributed by atoms with E-state index in [0.717, 1.165) is 23.4 Å². The average molecular weight is 490 g/mol. The fourth-order valence-corrected chi connectivity index (χ4v) is 4.28. The SMILES string of the molecule is CCC(C)N(Cc1cccn1Cc1cccc(OC)c1)C(=O)CN(CC(C)C)C(=O)c1ccccc1. The molecule has 0 radical (unpaired) electrons. The predicted octanol–water partition coefficient (Wildman–Crippen LogP) is 5.47. The number of nitrogens with zero attached hydrogens (tertiary/aromatic N) is 3. The maximum absolute atomic E-state index is 13.7. The van der Waals surface area contributed by atoms with Gasteiger partial charge in [-0.3, -0.25) is 9.59 Å². The van der Waals surface area contributed by atoms with E-state index in [1.165, 1.54) is 0 Å². The molecule has 6 nitrogen and oxygen atoms in total. The van der Waals surface area contributed by atoms with Gasteiger partial charge in [-0.2, -0.15) is 0 Å². The molecule has 0 saturated carbocycles. The molecule has 6 heteroatoms. The van der Waals surface area contributed by atoms with E-state index in [-0.39, 0.29) is 30.3 Å².